The van der Waals surface area contributed by atoms with Gasteiger partial charge in [-0.05, 0) is 6.42 Å². The van der Waals surface area contributed by atoms with Crippen molar-refractivity contribution in [3.63, 3.8) is 0 Å². The van der Waals surface area contributed by atoms with Crippen LogP contribution in [-0.4, -0.2) is 18.0 Å². The van der Waals surface area contributed by atoms with E-state index >= 15 is 0 Å². The van der Waals surface area contributed by atoms with E-state index in [1.54, 1.807) is 13.8 Å². The Balaban J connectivity index is 3.53. The molecule has 0 unspecified atom stereocenters. The van der Waals surface area contributed by atoms with Crippen molar-refractivity contribution in [2.45, 2.75) is 20.3 Å². The molecule has 0 fully saturated rings. The van der Waals surface area contributed by atoms with Crippen molar-refractivity contribution >= 4 is 6.29 Å². The number of aliphatic hydroxyl groups excluding tert-OH is 1. The molecule has 0 aliphatic carbocycles. The van der Waals surface area contributed by atoms with Gasteiger partial charge in [0, 0.05) is 12.0 Å². The van der Waals surface area contributed by atoms with Gasteiger partial charge in [0.05, 0.1) is 0 Å². The summed E-state index contributed by atoms with van der Waals surface area (Å²) in [5, 5.41) is 8.37. The largest absolute Gasteiger partial charge is 0.396 e. The highest BCUT2D eigenvalue weighted by molar-refractivity contribution is 5.57. The summed E-state index contributed by atoms with van der Waals surface area (Å²) < 4.78 is 0. The number of carbonyl (C=O) groups excluding carboxylic acids is 1. The summed E-state index contributed by atoms with van der Waals surface area (Å²) in [5.41, 5.74) is -0.339. The van der Waals surface area contributed by atoms with Gasteiger partial charge in [-0.3, -0.25) is 0 Å². The lowest BCUT2D eigenvalue weighted by Gasteiger charge is -2.12. The molecule has 0 aliphatic heterocycles. The van der Waals surface area contributed by atoms with Gasteiger partial charge in [0.15, 0.2) is 0 Å². The smallest absolute Gasteiger partial charge is 0.125 e. The van der Waals surface area contributed by atoms with Crippen LogP contribution < -0.4 is 0 Å². The van der Waals surface area contributed by atoms with Crippen LogP contribution >= 0.6 is 0 Å². The molecule has 2 nitrogen and oxygen atoms in total. The van der Waals surface area contributed by atoms with Crippen LogP contribution in [0.5, 0.6) is 0 Å². The van der Waals surface area contributed by atoms with E-state index < -0.39 is 0 Å². The third-order valence-corrected chi connectivity index (χ3v) is 1.08. The van der Waals surface area contributed by atoms with Gasteiger partial charge in [-0.2, -0.15) is 0 Å². The third-order valence-electron chi connectivity index (χ3n) is 1.08. The van der Waals surface area contributed by atoms with Gasteiger partial charge in [0.1, 0.15) is 6.29 Å². The molecule has 0 aromatic carbocycles. The molecule has 0 aliphatic rings. The number of hydrogen-bond acceptors (Lipinski definition) is 2. The van der Waals surface area contributed by atoms with Gasteiger partial charge in [-0.1, -0.05) is 13.8 Å². The van der Waals surface area contributed by atoms with Crippen molar-refractivity contribution in [2.24, 2.45) is 5.41 Å². The Kier molecular flexibility index (Phi) is 2.69. The first-order valence-corrected chi connectivity index (χ1v) is 2.69. The fourth-order valence-electron chi connectivity index (χ4n) is 0.347. The van der Waals surface area contributed by atoms with E-state index in [1.807, 2.05) is 0 Å². The highest BCUT2D eigenvalue weighted by Crippen LogP contribution is 2.14. The Hall–Kier alpha value is -0.370. The van der Waals surface area contributed by atoms with Crippen LogP contribution in [0.1, 0.15) is 20.3 Å². The van der Waals surface area contributed by atoms with Gasteiger partial charge in [-0.25, -0.2) is 0 Å². The molecule has 0 saturated heterocycles. The molecule has 0 atom stereocenters. The lowest BCUT2D eigenvalue weighted by molar-refractivity contribution is -0.115. The molecule has 0 radical (unpaired) electrons. The first-order valence-electron chi connectivity index (χ1n) is 2.69. The maximum absolute atomic E-state index is 10.1. The van der Waals surface area contributed by atoms with Crippen LogP contribution in [0.25, 0.3) is 0 Å². The predicted molar refractivity (Wildman–Crippen MR) is 31.5 cm³/mol. The Bertz CT molecular complexity index is 76.6. The Morgan fingerprint density at radius 1 is 1.62 bits per heavy atom. The highest BCUT2D eigenvalue weighted by Gasteiger charge is 2.14. The van der Waals surface area contributed by atoms with Crippen LogP contribution in [0, 0.1) is 5.41 Å². The molecule has 0 bridgehead atoms. The van der Waals surface area contributed by atoms with Crippen molar-refractivity contribution in [1.82, 2.24) is 0 Å². The Morgan fingerprint density at radius 2 is 2.12 bits per heavy atom. The number of aldehydes is 1. The van der Waals surface area contributed by atoms with Crippen LogP contribution in [0.3, 0.4) is 0 Å². The standard InChI is InChI=1S/C6H12O2/c1-6(2,5-8)3-4-7/h5,7H,3-4H2,1-2H3. The topological polar surface area (TPSA) is 37.3 Å². The summed E-state index contributed by atoms with van der Waals surface area (Å²) in [6, 6.07) is 0. The molecule has 0 rings (SSSR count). The molecule has 8 heavy (non-hydrogen) atoms. The van der Waals surface area contributed by atoms with E-state index in [1.165, 1.54) is 0 Å². The maximum atomic E-state index is 10.1. The predicted octanol–water partition coefficient (Wildman–Crippen LogP) is 0.594. The first kappa shape index (κ1) is 7.63. The minimum Gasteiger partial charge on any atom is -0.396 e. The maximum Gasteiger partial charge on any atom is 0.125 e. The summed E-state index contributed by atoms with van der Waals surface area (Å²) in [5.74, 6) is 0. The van der Waals surface area contributed by atoms with E-state index in [-0.39, 0.29) is 12.0 Å². The summed E-state index contributed by atoms with van der Waals surface area (Å²) in [4.78, 5) is 10.1. The second-order valence-electron chi connectivity index (χ2n) is 2.58. The third kappa shape index (κ3) is 2.75. The first-order chi connectivity index (χ1) is 3.62. The molecule has 0 heterocycles. The number of hydrogen-bond donors (Lipinski definition) is 1. The molecular weight excluding hydrogens is 104 g/mol. The molecule has 0 aromatic heterocycles. The quantitative estimate of drug-likeness (QED) is 0.548. The minimum absolute atomic E-state index is 0.0890. The van der Waals surface area contributed by atoms with Crippen LogP contribution in [0.15, 0.2) is 0 Å². The fourth-order valence-corrected chi connectivity index (χ4v) is 0.347. The summed E-state index contributed by atoms with van der Waals surface area (Å²) >= 11 is 0. The number of aliphatic hydroxyl groups is 1. The number of carbonyl (C=O) groups is 1. The highest BCUT2D eigenvalue weighted by atomic mass is 16.3. The Morgan fingerprint density at radius 3 is 2.25 bits per heavy atom. The van der Waals surface area contributed by atoms with E-state index in [9.17, 15) is 4.79 Å². The van der Waals surface area contributed by atoms with Gasteiger partial charge < -0.3 is 9.90 Å². The normalized spacial score (nSPS) is 11.4. The van der Waals surface area contributed by atoms with E-state index in [0.717, 1.165) is 6.29 Å². The second-order valence-corrected chi connectivity index (χ2v) is 2.58. The molecule has 0 saturated carbocycles. The fraction of sp³-hybridized carbons (Fsp3) is 0.833. The lowest BCUT2D eigenvalue weighted by Crippen LogP contribution is -2.14. The van der Waals surface area contributed by atoms with Crippen LogP contribution in [0.2, 0.25) is 0 Å². The molecule has 2 heteroatoms. The average molecular weight is 116 g/mol. The zero-order valence-corrected chi connectivity index (χ0v) is 5.35. The summed E-state index contributed by atoms with van der Waals surface area (Å²) in [7, 11) is 0. The van der Waals surface area contributed by atoms with Crippen molar-refractivity contribution < 1.29 is 9.90 Å². The molecule has 1 N–H and O–H groups in total. The Labute approximate surface area is 49.5 Å². The zero-order chi connectivity index (χ0) is 6.62. The number of rotatable bonds is 3. The van der Waals surface area contributed by atoms with Crippen molar-refractivity contribution in [3.05, 3.63) is 0 Å². The second kappa shape index (κ2) is 2.82. The van der Waals surface area contributed by atoms with Gasteiger partial charge in [0.2, 0.25) is 0 Å². The van der Waals surface area contributed by atoms with Crippen molar-refractivity contribution in [2.75, 3.05) is 6.61 Å². The van der Waals surface area contributed by atoms with Crippen LogP contribution in [0.4, 0.5) is 0 Å². The molecule has 0 spiro atoms. The van der Waals surface area contributed by atoms with E-state index in [2.05, 4.69) is 0 Å². The van der Waals surface area contributed by atoms with E-state index in [0.29, 0.717) is 6.42 Å². The van der Waals surface area contributed by atoms with Crippen molar-refractivity contribution in [3.8, 4) is 0 Å². The molecule has 48 valence electrons. The van der Waals surface area contributed by atoms with E-state index in [4.69, 9.17) is 5.11 Å². The minimum atomic E-state index is -0.339. The van der Waals surface area contributed by atoms with Crippen molar-refractivity contribution in [1.29, 1.82) is 0 Å². The molecule has 0 aromatic rings. The molecule has 0 amide bonds. The monoisotopic (exact) mass is 116 g/mol. The van der Waals surface area contributed by atoms with Gasteiger partial charge in [-0.15, -0.1) is 0 Å². The lowest BCUT2D eigenvalue weighted by atomic mass is 9.92. The van der Waals surface area contributed by atoms with Crippen LogP contribution in [-0.2, 0) is 4.79 Å². The van der Waals surface area contributed by atoms with Gasteiger partial charge >= 0.3 is 0 Å². The summed E-state index contributed by atoms with van der Waals surface area (Å²) in [6.07, 6.45) is 1.42. The average Bonchev–Trinajstić information content (AvgIpc) is 1.67. The molecular formula is C6H12O2. The zero-order valence-electron chi connectivity index (χ0n) is 5.35. The van der Waals surface area contributed by atoms with Gasteiger partial charge in [0.25, 0.3) is 0 Å². The summed E-state index contributed by atoms with van der Waals surface area (Å²) in [6.45, 7) is 3.69. The SMILES string of the molecule is CC(C)(C=O)CCO.